The van der Waals surface area contributed by atoms with Crippen LogP contribution < -0.4 is 10.6 Å². The van der Waals surface area contributed by atoms with Gasteiger partial charge in [0.2, 0.25) is 11.8 Å². The van der Waals surface area contributed by atoms with E-state index in [1.807, 2.05) is 0 Å². The van der Waals surface area contributed by atoms with Crippen LogP contribution in [-0.4, -0.2) is 11.8 Å². The normalized spacial score (nSPS) is 11.1. The monoisotopic (exact) mass is 370 g/mol. The molecule has 4 nitrogen and oxygen atoms in total. The van der Waals surface area contributed by atoms with Gasteiger partial charge in [-0.15, -0.1) is 0 Å². The van der Waals surface area contributed by atoms with Gasteiger partial charge in [-0.25, -0.2) is 0 Å². The third-order valence-electron chi connectivity index (χ3n) is 3.26. The van der Waals surface area contributed by atoms with E-state index in [1.165, 1.54) is 12.1 Å². The van der Waals surface area contributed by atoms with Gasteiger partial charge in [-0.3, -0.25) is 9.59 Å². The van der Waals surface area contributed by atoms with Crippen molar-refractivity contribution in [3.63, 3.8) is 0 Å². The van der Waals surface area contributed by atoms with E-state index in [-0.39, 0.29) is 5.69 Å². The summed E-state index contributed by atoms with van der Waals surface area (Å²) in [5.41, 5.74) is 0.308. The molecule has 0 fully saturated rings. The van der Waals surface area contributed by atoms with Crippen LogP contribution in [0.3, 0.4) is 0 Å². The first-order valence-corrected chi connectivity index (χ1v) is 7.56. The number of anilines is 2. The topological polar surface area (TPSA) is 58.2 Å². The number of amides is 2. The summed E-state index contributed by atoms with van der Waals surface area (Å²) in [6.45, 7) is 1.74. The molecule has 0 saturated heterocycles. The van der Waals surface area contributed by atoms with E-state index in [2.05, 4.69) is 10.6 Å². The molecule has 0 bridgehead atoms. The number of nitrogens with one attached hydrogen (secondary N) is 2. The molecular weight excluding hydrogens is 357 g/mol. The molecule has 2 aromatic rings. The molecule has 0 saturated carbocycles. The lowest BCUT2D eigenvalue weighted by Crippen LogP contribution is -2.22. The van der Waals surface area contributed by atoms with Gasteiger partial charge in [-0.2, -0.15) is 13.2 Å². The quantitative estimate of drug-likeness (QED) is 0.771. The van der Waals surface area contributed by atoms with Crippen molar-refractivity contribution in [2.45, 2.75) is 19.5 Å². The summed E-state index contributed by atoms with van der Waals surface area (Å²) in [5, 5.41) is 5.34. The maximum absolute atomic E-state index is 12.6. The third kappa shape index (κ3) is 5.49. The summed E-state index contributed by atoms with van der Waals surface area (Å²) < 4.78 is 37.9. The van der Waals surface area contributed by atoms with E-state index in [9.17, 15) is 22.8 Å². The summed E-state index contributed by atoms with van der Waals surface area (Å²) in [5.74, 6) is -1.31. The number of alkyl halides is 3. The van der Waals surface area contributed by atoms with Crippen molar-refractivity contribution < 1.29 is 22.8 Å². The zero-order valence-electron chi connectivity index (χ0n) is 13.1. The number of hydrogen-bond acceptors (Lipinski definition) is 2. The van der Waals surface area contributed by atoms with Gasteiger partial charge >= 0.3 is 6.18 Å². The number of hydrogen-bond donors (Lipinski definition) is 2. The van der Waals surface area contributed by atoms with Gasteiger partial charge < -0.3 is 10.6 Å². The maximum Gasteiger partial charge on any atom is 0.416 e. The Morgan fingerprint density at radius 3 is 2.36 bits per heavy atom. The second-order valence-corrected chi connectivity index (χ2v) is 5.75. The smallest absolute Gasteiger partial charge is 0.326 e. The van der Waals surface area contributed by atoms with Crippen LogP contribution in [0.15, 0.2) is 42.5 Å². The Kier molecular flexibility index (Phi) is 5.69. The zero-order chi connectivity index (χ0) is 18.6. The average Bonchev–Trinajstić information content (AvgIpc) is 2.49. The van der Waals surface area contributed by atoms with Gasteiger partial charge in [-0.1, -0.05) is 17.7 Å². The largest absolute Gasteiger partial charge is 0.416 e. The predicted octanol–water partition coefficient (Wildman–Crippen LogP) is 4.63. The van der Waals surface area contributed by atoms with Gasteiger partial charge in [0.15, 0.2) is 0 Å². The fraction of sp³-hybridized carbons (Fsp3) is 0.176. The lowest BCUT2D eigenvalue weighted by molar-refractivity contribution is -0.137. The van der Waals surface area contributed by atoms with E-state index in [4.69, 9.17) is 11.6 Å². The van der Waals surface area contributed by atoms with Gasteiger partial charge in [0, 0.05) is 16.4 Å². The van der Waals surface area contributed by atoms with Crippen LogP contribution in [0.1, 0.15) is 17.5 Å². The summed E-state index contributed by atoms with van der Waals surface area (Å²) in [7, 11) is 0. The Balaban J connectivity index is 1.97. The highest BCUT2D eigenvalue weighted by molar-refractivity contribution is 6.30. The molecule has 0 heterocycles. The molecule has 0 unspecified atom stereocenters. The van der Waals surface area contributed by atoms with Crippen LogP contribution in [0.25, 0.3) is 0 Å². The highest BCUT2D eigenvalue weighted by Crippen LogP contribution is 2.30. The molecular formula is C17H14ClF3N2O2. The zero-order valence-corrected chi connectivity index (χ0v) is 13.8. The van der Waals surface area contributed by atoms with Crippen LogP contribution in [0.5, 0.6) is 0 Å². The Hall–Kier alpha value is -2.54. The fourth-order valence-electron chi connectivity index (χ4n) is 2.09. The molecule has 132 valence electrons. The highest BCUT2D eigenvalue weighted by Gasteiger charge is 2.30. The predicted molar refractivity (Wildman–Crippen MR) is 89.5 cm³/mol. The van der Waals surface area contributed by atoms with Crippen molar-refractivity contribution >= 4 is 34.8 Å². The number of carbonyl (C=O) groups is 2. The molecule has 2 amide bonds. The first kappa shape index (κ1) is 18.8. The lowest BCUT2D eigenvalue weighted by atomic mass is 10.2. The van der Waals surface area contributed by atoms with Crippen molar-refractivity contribution in [1.82, 2.24) is 0 Å². The van der Waals surface area contributed by atoms with Crippen molar-refractivity contribution in [3.8, 4) is 0 Å². The first-order chi connectivity index (χ1) is 11.6. The second kappa shape index (κ2) is 7.57. The minimum atomic E-state index is -4.51. The van der Waals surface area contributed by atoms with Crippen LogP contribution in [0.2, 0.25) is 5.02 Å². The molecule has 0 aliphatic heterocycles. The van der Waals surface area contributed by atoms with Crippen molar-refractivity contribution in [3.05, 3.63) is 58.6 Å². The molecule has 8 heteroatoms. The van der Waals surface area contributed by atoms with Crippen molar-refractivity contribution in [1.29, 1.82) is 0 Å². The van der Waals surface area contributed by atoms with Crippen LogP contribution >= 0.6 is 11.6 Å². The second-order valence-electron chi connectivity index (χ2n) is 5.31. The number of carbonyl (C=O) groups excluding carboxylic acids is 2. The number of aryl methyl sites for hydroxylation is 1. The molecule has 2 N–H and O–H groups in total. The van der Waals surface area contributed by atoms with Gasteiger partial charge in [0.05, 0.1) is 5.56 Å². The number of rotatable bonds is 4. The van der Waals surface area contributed by atoms with Crippen LogP contribution in [-0.2, 0) is 15.8 Å². The standard InChI is InChI=1S/C17H14ClF3N2O2/c1-10-7-12(18)5-6-14(10)23-16(25)9-15(24)22-13-4-2-3-11(8-13)17(19,20)21/h2-8H,9H2,1H3,(H,22,24)(H,23,25). The third-order valence-corrected chi connectivity index (χ3v) is 3.49. The van der Waals surface area contributed by atoms with Crippen LogP contribution in [0, 0.1) is 6.92 Å². The van der Waals surface area contributed by atoms with Crippen molar-refractivity contribution in [2.75, 3.05) is 10.6 Å². The molecule has 0 radical (unpaired) electrons. The first-order valence-electron chi connectivity index (χ1n) is 7.18. The Labute approximate surface area is 147 Å². The van der Waals surface area contributed by atoms with E-state index in [0.717, 1.165) is 17.7 Å². The summed E-state index contributed by atoms with van der Waals surface area (Å²) in [6, 6.07) is 9.03. The molecule has 25 heavy (non-hydrogen) atoms. The van der Waals surface area contributed by atoms with E-state index in [1.54, 1.807) is 25.1 Å². The SMILES string of the molecule is Cc1cc(Cl)ccc1NC(=O)CC(=O)Nc1cccc(C(F)(F)F)c1. The Morgan fingerprint density at radius 2 is 1.72 bits per heavy atom. The van der Waals surface area contributed by atoms with Gasteiger partial charge in [0.1, 0.15) is 6.42 Å². The molecule has 0 aliphatic carbocycles. The fourth-order valence-corrected chi connectivity index (χ4v) is 2.31. The summed E-state index contributed by atoms with van der Waals surface area (Å²) in [6.07, 6.45) is -5.04. The summed E-state index contributed by atoms with van der Waals surface area (Å²) >= 11 is 5.82. The van der Waals surface area contributed by atoms with E-state index < -0.39 is 30.0 Å². The number of benzene rings is 2. The molecule has 0 aliphatic rings. The van der Waals surface area contributed by atoms with E-state index >= 15 is 0 Å². The van der Waals surface area contributed by atoms with Crippen LogP contribution in [0.4, 0.5) is 24.5 Å². The Bertz CT molecular complexity index is 807. The molecule has 2 rings (SSSR count). The molecule has 2 aromatic carbocycles. The van der Waals surface area contributed by atoms with Crippen molar-refractivity contribution in [2.24, 2.45) is 0 Å². The molecule has 0 atom stereocenters. The molecule has 0 aromatic heterocycles. The Morgan fingerprint density at radius 1 is 1.04 bits per heavy atom. The highest BCUT2D eigenvalue weighted by atomic mass is 35.5. The number of halogens is 4. The van der Waals surface area contributed by atoms with Gasteiger partial charge in [0.25, 0.3) is 0 Å². The van der Waals surface area contributed by atoms with E-state index in [0.29, 0.717) is 10.7 Å². The minimum absolute atomic E-state index is 0.0321. The molecule has 0 spiro atoms. The average molecular weight is 371 g/mol. The maximum atomic E-state index is 12.6. The minimum Gasteiger partial charge on any atom is -0.326 e. The lowest BCUT2D eigenvalue weighted by Gasteiger charge is -2.11. The van der Waals surface area contributed by atoms with Gasteiger partial charge in [-0.05, 0) is 48.9 Å². The summed E-state index contributed by atoms with van der Waals surface area (Å²) in [4.78, 5) is 23.7.